The van der Waals surface area contributed by atoms with Gasteiger partial charge in [-0.2, -0.15) is 0 Å². The van der Waals surface area contributed by atoms with Gasteiger partial charge in [-0.1, -0.05) is 96.5 Å². The predicted molar refractivity (Wildman–Crippen MR) is 138 cm³/mol. The molecule has 0 amide bonds. The topological polar surface area (TPSA) is 78.8 Å². The maximum absolute atomic E-state index is 11.7. The van der Waals surface area contributed by atoms with Gasteiger partial charge < -0.3 is 20.3 Å². The molecule has 0 fully saturated rings. The fourth-order valence-electron chi connectivity index (χ4n) is 3.99. The van der Waals surface area contributed by atoms with E-state index in [-0.39, 0.29) is 24.7 Å². The summed E-state index contributed by atoms with van der Waals surface area (Å²) in [6.07, 6.45) is 19.1. The van der Waals surface area contributed by atoms with E-state index in [9.17, 15) is 9.90 Å². The van der Waals surface area contributed by atoms with Crippen LogP contribution in [0.4, 0.5) is 5.69 Å². The summed E-state index contributed by atoms with van der Waals surface area (Å²) >= 11 is 0. The maximum atomic E-state index is 11.7. The van der Waals surface area contributed by atoms with E-state index in [1.54, 1.807) is 13.0 Å². The Labute approximate surface area is 202 Å². The van der Waals surface area contributed by atoms with Crippen LogP contribution in [-0.2, 0) is 16.0 Å². The Morgan fingerprint density at radius 2 is 1.45 bits per heavy atom. The number of phenolic OH excluding ortho intramolecular Hbond substituents is 1. The second-order valence-corrected chi connectivity index (χ2v) is 9.35. The number of ether oxygens (including phenoxy) is 1. The van der Waals surface area contributed by atoms with Crippen molar-refractivity contribution < 1.29 is 19.7 Å². The monoisotopic (exact) mass is 463 g/mol. The molecule has 0 saturated carbocycles. The van der Waals surface area contributed by atoms with Crippen LogP contribution in [0, 0.1) is 0 Å². The van der Waals surface area contributed by atoms with Crippen LogP contribution in [0.3, 0.4) is 0 Å². The van der Waals surface area contributed by atoms with Crippen LogP contribution < -0.4 is 5.32 Å². The predicted octanol–water partition coefficient (Wildman–Crippen LogP) is 7.14. The minimum absolute atomic E-state index is 0.184. The standard InChI is InChI=1S/C28H49NO4/c1-3-4-5-6-7-8-9-10-11-12-13-14-15-16-21-29-26-19-17-25(27(31)22-26)18-20-28(32)33-24(2)23-30/h17,19,22,24,29-31H,3-16,18,20-21,23H2,1-2H3. The van der Waals surface area contributed by atoms with Gasteiger partial charge in [0, 0.05) is 24.7 Å². The molecule has 0 aromatic heterocycles. The van der Waals surface area contributed by atoms with Crippen molar-refractivity contribution in [3.63, 3.8) is 0 Å². The molecule has 5 nitrogen and oxygen atoms in total. The molecule has 0 aliphatic rings. The molecule has 1 unspecified atom stereocenters. The third kappa shape index (κ3) is 15.7. The van der Waals surface area contributed by atoms with Gasteiger partial charge in [0.25, 0.3) is 0 Å². The van der Waals surface area contributed by atoms with Crippen LogP contribution in [-0.4, -0.2) is 35.4 Å². The van der Waals surface area contributed by atoms with Crippen molar-refractivity contribution in [2.45, 2.75) is 123 Å². The summed E-state index contributed by atoms with van der Waals surface area (Å²) < 4.78 is 5.04. The molecule has 1 atom stereocenters. The van der Waals surface area contributed by atoms with Gasteiger partial charge in [-0.25, -0.2) is 0 Å². The van der Waals surface area contributed by atoms with Crippen LogP contribution in [0.5, 0.6) is 5.75 Å². The van der Waals surface area contributed by atoms with Gasteiger partial charge in [-0.05, 0) is 31.4 Å². The first-order valence-corrected chi connectivity index (χ1v) is 13.4. The third-order valence-corrected chi connectivity index (χ3v) is 6.13. The second-order valence-electron chi connectivity index (χ2n) is 9.35. The molecule has 1 rings (SSSR count). The number of aliphatic hydroxyl groups excluding tert-OH is 1. The lowest BCUT2D eigenvalue weighted by molar-refractivity contribution is -0.149. The normalized spacial score (nSPS) is 12.0. The van der Waals surface area contributed by atoms with E-state index >= 15 is 0 Å². The average molecular weight is 464 g/mol. The SMILES string of the molecule is CCCCCCCCCCCCCCCCNc1ccc(CCC(=O)OC(C)CO)c(O)c1. The third-order valence-electron chi connectivity index (χ3n) is 6.13. The van der Waals surface area contributed by atoms with Gasteiger partial charge in [0.2, 0.25) is 0 Å². The first kappa shape index (κ1) is 29.3. The van der Waals surface area contributed by atoms with E-state index in [4.69, 9.17) is 9.84 Å². The van der Waals surface area contributed by atoms with E-state index in [1.165, 1.54) is 83.5 Å². The fraction of sp³-hybridized carbons (Fsp3) is 0.750. The highest BCUT2D eigenvalue weighted by molar-refractivity contribution is 5.70. The number of esters is 1. The molecule has 3 N–H and O–H groups in total. The van der Waals surface area contributed by atoms with E-state index in [0.717, 1.165) is 24.2 Å². The molecule has 190 valence electrons. The number of hydrogen-bond donors (Lipinski definition) is 3. The maximum Gasteiger partial charge on any atom is 0.306 e. The number of aliphatic hydroxyl groups is 1. The van der Waals surface area contributed by atoms with E-state index in [0.29, 0.717) is 6.42 Å². The van der Waals surface area contributed by atoms with Crippen LogP contribution in [0.2, 0.25) is 0 Å². The molecule has 5 heteroatoms. The molecule has 0 spiro atoms. The lowest BCUT2D eigenvalue weighted by Gasteiger charge is -2.11. The zero-order valence-corrected chi connectivity index (χ0v) is 21.2. The van der Waals surface area contributed by atoms with E-state index in [2.05, 4.69) is 12.2 Å². The Morgan fingerprint density at radius 1 is 0.909 bits per heavy atom. The fourth-order valence-corrected chi connectivity index (χ4v) is 3.99. The minimum Gasteiger partial charge on any atom is -0.508 e. The van der Waals surface area contributed by atoms with Gasteiger partial charge in [-0.3, -0.25) is 4.79 Å². The Balaban J connectivity index is 2.01. The highest BCUT2D eigenvalue weighted by Crippen LogP contribution is 2.23. The van der Waals surface area contributed by atoms with Crippen LogP contribution >= 0.6 is 0 Å². The summed E-state index contributed by atoms with van der Waals surface area (Å²) in [4.78, 5) is 11.7. The molecule has 0 bridgehead atoms. The van der Waals surface area contributed by atoms with Crippen molar-refractivity contribution in [3.8, 4) is 5.75 Å². The number of aromatic hydroxyl groups is 1. The molecule has 1 aromatic carbocycles. The first-order chi connectivity index (χ1) is 16.1. The highest BCUT2D eigenvalue weighted by Gasteiger charge is 2.10. The summed E-state index contributed by atoms with van der Waals surface area (Å²) in [5, 5.41) is 22.5. The molecule has 0 heterocycles. The molecule has 33 heavy (non-hydrogen) atoms. The number of carbonyl (C=O) groups excluding carboxylic acids is 1. The second kappa shape index (κ2) is 19.7. The van der Waals surface area contributed by atoms with Crippen molar-refractivity contribution >= 4 is 11.7 Å². The number of aryl methyl sites for hydroxylation is 1. The number of rotatable bonds is 21. The summed E-state index contributed by atoms with van der Waals surface area (Å²) in [6, 6.07) is 5.52. The van der Waals surface area contributed by atoms with Crippen molar-refractivity contribution in [3.05, 3.63) is 23.8 Å². The molecule has 0 saturated heterocycles. The van der Waals surface area contributed by atoms with Crippen molar-refractivity contribution in [1.29, 1.82) is 0 Å². The lowest BCUT2D eigenvalue weighted by atomic mass is 10.0. The Bertz CT molecular complexity index is 620. The van der Waals surface area contributed by atoms with Crippen molar-refractivity contribution in [1.82, 2.24) is 0 Å². The van der Waals surface area contributed by atoms with Crippen LogP contribution in [0.1, 0.15) is 116 Å². The van der Waals surface area contributed by atoms with Crippen molar-refractivity contribution in [2.24, 2.45) is 0 Å². The lowest BCUT2D eigenvalue weighted by Crippen LogP contribution is -2.18. The van der Waals surface area contributed by atoms with E-state index < -0.39 is 6.10 Å². The number of phenols is 1. The summed E-state index contributed by atoms with van der Waals surface area (Å²) in [7, 11) is 0. The highest BCUT2D eigenvalue weighted by atomic mass is 16.5. The summed E-state index contributed by atoms with van der Waals surface area (Å²) in [6.45, 7) is 4.64. The summed E-state index contributed by atoms with van der Waals surface area (Å²) in [5.41, 5.74) is 1.63. The number of nitrogens with one attached hydrogen (secondary N) is 1. The van der Waals surface area contributed by atoms with Crippen LogP contribution in [0.15, 0.2) is 18.2 Å². The molecule has 0 radical (unpaired) electrons. The van der Waals surface area contributed by atoms with Gasteiger partial charge in [0.1, 0.15) is 11.9 Å². The van der Waals surface area contributed by atoms with Gasteiger partial charge in [-0.15, -0.1) is 0 Å². The van der Waals surface area contributed by atoms with Crippen LogP contribution in [0.25, 0.3) is 0 Å². The number of carbonyl (C=O) groups is 1. The average Bonchev–Trinajstić information content (AvgIpc) is 2.80. The largest absolute Gasteiger partial charge is 0.508 e. The molecule has 1 aromatic rings. The number of hydrogen-bond acceptors (Lipinski definition) is 5. The zero-order valence-electron chi connectivity index (χ0n) is 21.2. The molecular weight excluding hydrogens is 414 g/mol. The Morgan fingerprint density at radius 3 is 1.97 bits per heavy atom. The first-order valence-electron chi connectivity index (χ1n) is 13.4. The smallest absolute Gasteiger partial charge is 0.306 e. The summed E-state index contributed by atoms with van der Waals surface area (Å²) in [5.74, 6) is -0.167. The number of benzene rings is 1. The quantitative estimate of drug-likeness (QED) is 0.133. The molecule has 0 aliphatic carbocycles. The Kier molecular flexibility index (Phi) is 17.5. The van der Waals surface area contributed by atoms with Gasteiger partial charge in [0.15, 0.2) is 0 Å². The Hall–Kier alpha value is -1.75. The van der Waals surface area contributed by atoms with E-state index in [1.807, 2.05) is 12.1 Å². The van der Waals surface area contributed by atoms with Crippen molar-refractivity contribution in [2.75, 3.05) is 18.5 Å². The number of unbranched alkanes of at least 4 members (excludes halogenated alkanes) is 13. The molecular formula is C28H49NO4. The minimum atomic E-state index is -0.493. The molecule has 0 aliphatic heterocycles. The van der Waals surface area contributed by atoms with Gasteiger partial charge >= 0.3 is 5.97 Å². The number of anilines is 1. The zero-order chi connectivity index (χ0) is 24.2. The van der Waals surface area contributed by atoms with Gasteiger partial charge in [0.05, 0.1) is 6.61 Å².